The highest BCUT2D eigenvalue weighted by atomic mass is 35.5. The lowest BCUT2D eigenvalue weighted by atomic mass is 10.1. The number of halogens is 1. The van der Waals surface area contributed by atoms with E-state index in [1.165, 1.54) is 6.33 Å². The van der Waals surface area contributed by atoms with E-state index >= 15 is 0 Å². The first-order valence-electron chi connectivity index (χ1n) is 11.5. The lowest BCUT2D eigenvalue weighted by Gasteiger charge is -2.41. The van der Waals surface area contributed by atoms with Crippen molar-refractivity contribution in [3.05, 3.63) is 66.1 Å². The zero-order chi connectivity index (χ0) is 25.3. The minimum Gasteiger partial charge on any atom is -0.368 e. The number of amides is 1. The second kappa shape index (κ2) is 10.1. The predicted octanol–water partition coefficient (Wildman–Crippen LogP) is 4.07. The molecule has 1 unspecified atom stereocenters. The van der Waals surface area contributed by atoms with Crippen LogP contribution in [0.5, 0.6) is 0 Å². The molecule has 3 heterocycles. The van der Waals surface area contributed by atoms with Gasteiger partial charge in [0.15, 0.2) is 0 Å². The van der Waals surface area contributed by atoms with Crippen molar-refractivity contribution in [1.82, 2.24) is 18.8 Å². The highest BCUT2D eigenvalue weighted by molar-refractivity contribution is 7.93. The number of fused-ring (bicyclic) bond motifs is 1. The molecule has 0 saturated carbocycles. The number of aryl methyl sites for hydroxylation is 1. The van der Waals surface area contributed by atoms with Crippen LogP contribution in [0.1, 0.15) is 13.3 Å². The van der Waals surface area contributed by atoms with Crippen molar-refractivity contribution in [2.75, 3.05) is 29.3 Å². The normalized spacial score (nSPS) is 16.4. The van der Waals surface area contributed by atoms with Gasteiger partial charge < -0.3 is 14.4 Å². The van der Waals surface area contributed by atoms with Crippen LogP contribution in [-0.4, -0.2) is 58.8 Å². The fourth-order valence-corrected chi connectivity index (χ4v) is 6.50. The van der Waals surface area contributed by atoms with Crippen molar-refractivity contribution in [3.8, 4) is 0 Å². The Morgan fingerprint density at radius 1 is 1.17 bits per heavy atom. The van der Waals surface area contributed by atoms with Crippen LogP contribution in [0.25, 0.3) is 10.9 Å². The summed E-state index contributed by atoms with van der Waals surface area (Å²) in [5.41, 5.74) is 1.87. The smallest absolute Gasteiger partial charge is 0.263 e. The maximum atomic E-state index is 13.0. The van der Waals surface area contributed by atoms with Gasteiger partial charge in [0.25, 0.3) is 10.0 Å². The fourth-order valence-electron chi connectivity index (χ4n) is 4.55. The molecule has 0 spiro atoms. The molecule has 36 heavy (non-hydrogen) atoms. The Bertz CT molecular complexity index is 1470. The third kappa shape index (κ3) is 5.04. The molecule has 1 aliphatic heterocycles. The quantitative estimate of drug-likeness (QED) is 0.376. The highest BCUT2D eigenvalue weighted by Gasteiger charge is 2.27. The van der Waals surface area contributed by atoms with Gasteiger partial charge in [-0.2, -0.15) is 4.37 Å². The molecule has 2 aromatic heterocycles. The van der Waals surface area contributed by atoms with Crippen LogP contribution in [0.3, 0.4) is 0 Å². The van der Waals surface area contributed by atoms with Crippen molar-refractivity contribution >= 4 is 60.8 Å². The molecule has 1 atom stereocenters. The molecule has 0 bridgehead atoms. The van der Waals surface area contributed by atoms with E-state index in [4.69, 9.17) is 11.6 Å². The Labute approximate surface area is 218 Å². The maximum Gasteiger partial charge on any atom is 0.263 e. The SMILES string of the molecule is CC1CN(c2ccc(S(=O)(=O)Nc3ncns3)cc2)CCN1C(=O)CCn1ccc2cccc(Cl)c21. The molecule has 0 radical (unpaired) electrons. The number of rotatable bonds is 7. The Hall–Kier alpha value is -3.15. The number of carbonyl (C=O) groups is 1. The van der Waals surface area contributed by atoms with Gasteiger partial charge in [0.2, 0.25) is 11.0 Å². The Balaban J connectivity index is 1.19. The van der Waals surface area contributed by atoms with Gasteiger partial charge in [-0.05, 0) is 43.3 Å². The average Bonchev–Trinajstić information content (AvgIpc) is 3.53. The molecule has 5 rings (SSSR count). The van der Waals surface area contributed by atoms with Crippen molar-refractivity contribution in [2.45, 2.75) is 30.8 Å². The Morgan fingerprint density at radius 3 is 2.69 bits per heavy atom. The van der Waals surface area contributed by atoms with Crippen molar-refractivity contribution in [3.63, 3.8) is 0 Å². The molecule has 0 aliphatic carbocycles. The Kier molecular flexibility index (Phi) is 6.87. The number of nitrogens with one attached hydrogen (secondary N) is 1. The van der Waals surface area contributed by atoms with Gasteiger partial charge in [-0.3, -0.25) is 9.52 Å². The number of hydrogen-bond donors (Lipinski definition) is 1. The summed E-state index contributed by atoms with van der Waals surface area (Å²) in [6.45, 7) is 4.55. The number of piperazine rings is 1. The summed E-state index contributed by atoms with van der Waals surface area (Å²) < 4.78 is 33.4. The lowest BCUT2D eigenvalue weighted by molar-refractivity contribution is -0.133. The van der Waals surface area contributed by atoms with Crippen LogP contribution < -0.4 is 9.62 Å². The molecule has 1 aliphatic rings. The van der Waals surface area contributed by atoms with Gasteiger partial charge >= 0.3 is 0 Å². The van der Waals surface area contributed by atoms with Crippen LogP contribution in [0.4, 0.5) is 10.8 Å². The van der Waals surface area contributed by atoms with Crippen LogP contribution in [0.2, 0.25) is 5.02 Å². The predicted molar refractivity (Wildman–Crippen MR) is 142 cm³/mol. The van der Waals surface area contributed by atoms with E-state index in [2.05, 4.69) is 19.0 Å². The molecule has 2 aromatic carbocycles. The first-order valence-corrected chi connectivity index (χ1v) is 14.1. The van der Waals surface area contributed by atoms with Crippen LogP contribution >= 0.6 is 23.1 Å². The maximum absolute atomic E-state index is 13.0. The summed E-state index contributed by atoms with van der Waals surface area (Å²) in [5, 5.41) is 1.97. The van der Waals surface area contributed by atoms with Crippen LogP contribution in [0, 0.1) is 0 Å². The number of para-hydroxylation sites is 1. The number of hydrogen-bond acceptors (Lipinski definition) is 7. The summed E-state index contributed by atoms with van der Waals surface area (Å²) in [7, 11) is -3.73. The van der Waals surface area contributed by atoms with Crippen LogP contribution in [-0.2, 0) is 21.4 Å². The summed E-state index contributed by atoms with van der Waals surface area (Å²) in [6, 6.07) is 14.6. The molecule has 1 saturated heterocycles. The van der Waals surface area contributed by atoms with Crippen LogP contribution in [0.15, 0.2) is 66.0 Å². The van der Waals surface area contributed by atoms with E-state index in [-0.39, 0.29) is 22.0 Å². The van der Waals surface area contributed by atoms with Crippen molar-refractivity contribution < 1.29 is 13.2 Å². The van der Waals surface area contributed by atoms with Gasteiger partial charge in [0.05, 0.1) is 15.4 Å². The first kappa shape index (κ1) is 24.5. The third-order valence-corrected chi connectivity index (χ3v) is 8.72. The molecule has 1 amide bonds. The standard InChI is InChI=1S/C24H25ClN6O3S2/c1-17-15-30(19-5-7-20(8-6-19)36(33,34)28-24-26-16-27-35-24)13-14-31(17)22(32)10-12-29-11-9-18-3-2-4-21(25)23(18)29/h2-9,11,16-17H,10,12-15H2,1H3,(H,26,27,28). The van der Waals surface area contributed by atoms with E-state index in [1.807, 2.05) is 46.9 Å². The van der Waals surface area contributed by atoms with Gasteiger partial charge in [-0.15, -0.1) is 0 Å². The number of nitrogens with zero attached hydrogens (tertiary/aromatic N) is 5. The van der Waals surface area contributed by atoms with Crippen molar-refractivity contribution in [2.24, 2.45) is 0 Å². The van der Waals surface area contributed by atoms with E-state index in [9.17, 15) is 13.2 Å². The van der Waals surface area contributed by atoms with E-state index in [1.54, 1.807) is 24.3 Å². The third-order valence-electron chi connectivity index (χ3n) is 6.35. The molecule has 1 fully saturated rings. The number of benzene rings is 2. The minimum absolute atomic E-state index is 0.0266. The number of carbonyl (C=O) groups excluding carboxylic acids is 1. The van der Waals surface area contributed by atoms with Crippen molar-refractivity contribution in [1.29, 1.82) is 0 Å². The topological polar surface area (TPSA) is 100 Å². The molecule has 9 nitrogen and oxygen atoms in total. The second-order valence-corrected chi connectivity index (χ2v) is 11.5. The number of aromatic nitrogens is 3. The van der Waals surface area contributed by atoms with Gasteiger partial charge in [-0.1, -0.05) is 23.7 Å². The molecule has 12 heteroatoms. The first-order chi connectivity index (χ1) is 17.3. The van der Waals surface area contributed by atoms with Gasteiger partial charge in [-0.25, -0.2) is 13.4 Å². The number of anilines is 2. The fraction of sp³-hybridized carbons (Fsp3) is 0.292. The summed E-state index contributed by atoms with van der Waals surface area (Å²) in [5.74, 6) is 0.111. The summed E-state index contributed by atoms with van der Waals surface area (Å²) in [6.07, 6.45) is 3.67. The van der Waals surface area contributed by atoms with Gasteiger partial charge in [0.1, 0.15) is 6.33 Å². The average molecular weight is 545 g/mol. The largest absolute Gasteiger partial charge is 0.368 e. The van der Waals surface area contributed by atoms with E-state index in [0.29, 0.717) is 37.6 Å². The minimum atomic E-state index is -3.73. The zero-order valence-electron chi connectivity index (χ0n) is 19.5. The summed E-state index contributed by atoms with van der Waals surface area (Å²) >= 11 is 7.35. The monoisotopic (exact) mass is 544 g/mol. The van der Waals surface area contributed by atoms with E-state index < -0.39 is 10.0 Å². The Morgan fingerprint density at radius 2 is 1.97 bits per heavy atom. The highest BCUT2D eigenvalue weighted by Crippen LogP contribution is 2.26. The zero-order valence-corrected chi connectivity index (χ0v) is 21.9. The molecule has 188 valence electrons. The molecular weight excluding hydrogens is 520 g/mol. The second-order valence-electron chi connectivity index (χ2n) is 8.66. The number of sulfonamides is 1. The summed E-state index contributed by atoms with van der Waals surface area (Å²) in [4.78, 5) is 21.1. The van der Waals surface area contributed by atoms with Gasteiger partial charge in [0, 0.05) is 67.4 Å². The van der Waals surface area contributed by atoms with E-state index in [0.717, 1.165) is 28.1 Å². The lowest BCUT2D eigenvalue weighted by Crippen LogP contribution is -2.54. The molecule has 1 N–H and O–H groups in total. The molecule has 4 aromatic rings. The molecular formula is C24H25ClN6O3S2.